The van der Waals surface area contributed by atoms with Crippen LogP contribution in [0.25, 0.3) is 0 Å². The van der Waals surface area contributed by atoms with Crippen LogP contribution in [0.15, 0.2) is 36.7 Å². The van der Waals surface area contributed by atoms with E-state index in [1.807, 2.05) is 16.9 Å². The number of phenolic OH excluding ortho intramolecular Hbond substituents is 2. The second-order valence-electron chi connectivity index (χ2n) is 4.33. The standard InChI is InChI=1S/C13H17N3O2/c1-10(9-16-6-2-5-15-16)14-8-11-3-4-12(17)13(18)7-11/h2-7,10,14,17-18H,8-9H2,1H3. The number of aromatic nitrogens is 2. The zero-order valence-corrected chi connectivity index (χ0v) is 10.2. The van der Waals surface area contributed by atoms with Gasteiger partial charge in [-0.1, -0.05) is 6.07 Å². The van der Waals surface area contributed by atoms with Gasteiger partial charge >= 0.3 is 0 Å². The molecule has 0 fully saturated rings. The van der Waals surface area contributed by atoms with Crippen LogP contribution in [0.5, 0.6) is 11.5 Å². The molecule has 0 spiro atoms. The van der Waals surface area contributed by atoms with Crippen LogP contribution in [-0.4, -0.2) is 26.0 Å². The third kappa shape index (κ3) is 3.24. The van der Waals surface area contributed by atoms with Crippen LogP contribution in [0.3, 0.4) is 0 Å². The first-order valence-corrected chi connectivity index (χ1v) is 5.87. The Bertz CT molecular complexity index is 497. The van der Waals surface area contributed by atoms with Crippen LogP contribution in [-0.2, 0) is 13.1 Å². The first kappa shape index (κ1) is 12.4. The average molecular weight is 247 g/mol. The zero-order valence-electron chi connectivity index (χ0n) is 10.2. The summed E-state index contributed by atoms with van der Waals surface area (Å²) in [4.78, 5) is 0. The highest BCUT2D eigenvalue weighted by Crippen LogP contribution is 2.24. The van der Waals surface area contributed by atoms with Crippen molar-refractivity contribution < 1.29 is 10.2 Å². The molecule has 1 unspecified atom stereocenters. The minimum atomic E-state index is -0.0941. The molecule has 1 heterocycles. The van der Waals surface area contributed by atoms with Gasteiger partial charge in [0, 0.05) is 25.0 Å². The second kappa shape index (κ2) is 5.55. The van der Waals surface area contributed by atoms with Gasteiger partial charge in [-0.3, -0.25) is 4.68 Å². The second-order valence-corrected chi connectivity index (χ2v) is 4.33. The highest BCUT2D eigenvalue weighted by Gasteiger charge is 2.04. The monoisotopic (exact) mass is 247 g/mol. The van der Waals surface area contributed by atoms with E-state index in [1.165, 1.54) is 6.07 Å². The number of hydrogen-bond donors (Lipinski definition) is 3. The van der Waals surface area contributed by atoms with Gasteiger partial charge in [-0.05, 0) is 30.7 Å². The number of rotatable bonds is 5. The smallest absolute Gasteiger partial charge is 0.157 e. The fraction of sp³-hybridized carbons (Fsp3) is 0.308. The molecular weight excluding hydrogens is 230 g/mol. The van der Waals surface area contributed by atoms with E-state index >= 15 is 0 Å². The van der Waals surface area contributed by atoms with Crippen LogP contribution in [0.4, 0.5) is 0 Å². The average Bonchev–Trinajstić information content (AvgIpc) is 2.83. The van der Waals surface area contributed by atoms with Crippen LogP contribution >= 0.6 is 0 Å². The van der Waals surface area contributed by atoms with Crippen LogP contribution in [0, 0.1) is 0 Å². The predicted molar refractivity (Wildman–Crippen MR) is 68.3 cm³/mol. The Balaban J connectivity index is 1.85. The molecular formula is C13H17N3O2. The summed E-state index contributed by atoms with van der Waals surface area (Å²) in [6, 6.07) is 6.99. The first-order valence-electron chi connectivity index (χ1n) is 5.87. The molecule has 96 valence electrons. The quantitative estimate of drug-likeness (QED) is 0.700. The van der Waals surface area contributed by atoms with Crippen molar-refractivity contribution in [3.05, 3.63) is 42.2 Å². The van der Waals surface area contributed by atoms with Gasteiger partial charge in [0.25, 0.3) is 0 Å². The summed E-state index contributed by atoms with van der Waals surface area (Å²) in [5.74, 6) is -0.183. The fourth-order valence-corrected chi connectivity index (χ4v) is 1.72. The highest BCUT2D eigenvalue weighted by molar-refractivity contribution is 5.40. The largest absolute Gasteiger partial charge is 0.504 e. The molecule has 0 amide bonds. The molecule has 1 aromatic carbocycles. The molecule has 0 aliphatic heterocycles. The minimum absolute atomic E-state index is 0.0889. The molecule has 0 saturated heterocycles. The molecule has 0 bridgehead atoms. The van der Waals surface area contributed by atoms with Crippen LogP contribution in [0.1, 0.15) is 12.5 Å². The molecule has 5 heteroatoms. The summed E-state index contributed by atoms with van der Waals surface area (Å²) < 4.78 is 1.87. The van der Waals surface area contributed by atoms with E-state index in [-0.39, 0.29) is 17.5 Å². The Labute approximate surface area is 106 Å². The Morgan fingerprint density at radius 3 is 2.83 bits per heavy atom. The molecule has 0 saturated carbocycles. The van der Waals surface area contributed by atoms with Crippen molar-refractivity contribution in [2.45, 2.75) is 26.1 Å². The van der Waals surface area contributed by atoms with Gasteiger partial charge in [0.2, 0.25) is 0 Å². The zero-order chi connectivity index (χ0) is 13.0. The number of aromatic hydroxyl groups is 2. The van der Waals surface area contributed by atoms with Crippen molar-refractivity contribution in [3.63, 3.8) is 0 Å². The SMILES string of the molecule is CC(Cn1cccn1)NCc1ccc(O)c(O)c1. The van der Waals surface area contributed by atoms with E-state index in [1.54, 1.807) is 18.3 Å². The lowest BCUT2D eigenvalue weighted by Crippen LogP contribution is -2.30. The summed E-state index contributed by atoms with van der Waals surface area (Å²) in [5.41, 5.74) is 0.928. The lowest BCUT2D eigenvalue weighted by Gasteiger charge is -2.14. The van der Waals surface area contributed by atoms with Crippen molar-refractivity contribution in [2.75, 3.05) is 0 Å². The summed E-state index contributed by atoms with van der Waals surface area (Å²) in [6.45, 7) is 3.50. The van der Waals surface area contributed by atoms with Gasteiger partial charge in [0.15, 0.2) is 11.5 Å². The van der Waals surface area contributed by atoms with Gasteiger partial charge in [0.1, 0.15) is 0 Å². The summed E-state index contributed by atoms with van der Waals surface area (Å²) in [7, 11) is 0. The Hall–Kier alpha value is -2.01. The van der Waals surface area contributed by atoms with E-state index < -0.39 is 0 Å². The molecule has 18 heavy (non-hydrogen) atoms. The van der Waals surface area contributed by atoms with Crippen molar-refractivity contribution >= 4 is 0 Å². The molecule has 2 aromatic rings. The Morgan fingerprint density at radius 2 is 2.17 bits per heavy atom. The lowest BCUT2D eigenvalue weighted by atomic mass is 10.2. The van der Waals surface area contributed by atoms with Gasteiger partial charge in [0.05, 0.1) is 6.54 Å². The van der Waals surface area contributed by atoms with Gasteiger partial charge < -0.3 is 15.5 Å². The van der Waals surface area contributed by atoms with E-state index in [0.29, 0.717) is 6.54 Å². The molecule has 2 rings (SSSR count). The molecule has 1 aromatic heterocycles. The van der Waals surface area contributed by atoms with E-state index in [9.17, 15) is 10.2 Å². The van der Waals surface area contributed by atoms with Crippen molar-refractivity contribution in [1.82, 2.24) is 15.1 Å². The first-order chi connectivity index (χ1) is 8.65. The van der Waals surface area contributed by atoms with Crippen molar-refractivity contribution in [3.8, 4) is 11.5 Å². The van der Waals surface area contributed by atoms with Crippen LogP contribution in [0.2, 0.25) is 0 Å². The van der Waals surface area contributed by atoms with Crippen molar-refractivity contribution in [1.29, 1.82) is 0 Å². The topological polar surface area (TPSA) is 70.3 Å². The molecule has 3 N–H and O–H groups in total. The summed E-state index contributed by atoms with van der Waals surface area (Å²) >= 11 is 0. The summed E-state index contributed by atoms with van der Waals surface area (Å²) in [6.07, 6.45) is 3.68. The molecule has 5 nitrogen and oxygen atoms in total. The minimum Gasteiger partial charge on any atom is -0.504 e. The third-order valence-electron chi connectivity index (χ3n) is 2.71. The number of benzene rings is 1. The van der Waals surface area contributed by atoms with Gasteiger partial charge in [-0.2, -0.15) is 5.10 Å². The normalized spacial score (nSPS) is 12.5. The maximum Gasteiger partial charge on any atom is 0.157 e. The maximum atomic E-state index is 9.38. The predicted octanol–water partition coefficient (Wildman–Crippen LogP) is 1.47. The molecule has 0 aliphatic rings. The number of hydrogen-bond acceptors (Lipinski definition) is 4. The van der Waals surface area contributed by atoms with Crippen LogP contribution < -0.4 is 5.32 Å². The highest BCUT2D eigenvalue weighted by atomic mass is 16.3. The van der Waals surface area contributed by atoms with E-state index in [0.717, 1.165) is 12.1 Å². The van der Waals surface area contributed by atoms with Gasteiger partial charge in [-0.25, -0.2) is 0 Å². The fourth-order valence-electron chi connectivity index (χ4n) is 1.72. The third-order valence-corrected chi connectivity index (χ3v) is 2.71. The lowest BCUT2D eigenvalue weighted by molar-refractivity contribution is 0.402. The van der Waals surface area contributed by atoms with E-state index in [2.05, 4.69) is 17.3 Å². The maximum absolute atomic E-state index is 9.38. The van der Waals surface area contributed by atoms with Crippen molar-refractivity contribution in [2.24, 2.45) is 0 Å². The van der Waals surface area contributed by atoms with Gasteiger partial charge in [-0.15, -0.1) is 0 Å². The molecule has 0 radical (unpaired) electrons. The Kier molecular flexibility index (Phi) is 3.84. The van der Waals surface area contributed by atoms with E-state index in [4.69, 9.17) is 0 Å². The summed E-state index contributed by atoms with van der Waals surface area (Å²) in [5, 5.41) is 26.1. The molecule has 0 aliphatic carbocycles. The number of nitrogens with one attached hydrogen (secondary N) is 1. The Morgan fingerprint density at radius 1 is 1.33 bits per heavy atom. The number of phenols is 2. The molecule has 1 atom stereocenters. The number of nitrogens with zero attached hydrogens (tertiary/aromatic N) is 2.